The summed E-state index contributed by atoms with van der Waals surface area (Å²) in [6.45, 7) is 3.76. The Morgan fingerprint density at radius 1 is 1.33 bits per heavy atom. The quantitative estimate of drug-likeness (QED) is 0.854. The van der Waals surface area contributed by atoms with Crippen LogP contribution < -0.4 is 5.32 Å². The lowest BCUT2D eigenvalue weighted by molar-refractivity contribution is 0.630. The van der Waals surface area contributed by atoms with E-state index < -0.39 is 0 Å². The van der Waals surface area contributed by atoms with E-state index in [1.54, 1.807) is 12.1 Å². The van der Waals surface area contributed by atoms with Gasteiger partial charge in [-0.2, -0.15) is 0 Å². The smallest absolute Gasteiger partial charge is 0.147 e. The van der Waals surface area contributed by atoms with E-state index in [-0.39, 0.29) is 5.82 Å². The molecule has 0 amide bonds. The van der Waals surface area contributed by atoms with E-state index in [9.17, 15) is 4.39 Å². The lowest BCUT2D eigenvalue weighted by Gasteiger charge is -2.06. The fourth-order valence-electron chi connectivity index (χ4n) is 1.82. The van der Waals surface area contributed by atoms with Gasteiger partial charge in [0.15, 0.2) is 0 Å². The van der Waals surface area contributed by atoms with E-state index >= 15 is 0 Å². The van der Waals surface area contributed by atoms with Crippen LogP contribution >= 0.6 is 11.6 Å². The second-order valence-electron chi connectivity index (χ2n) is 4.24. The van der Waals surface area contributed by atoms with E-state index in [0.717, 1.165) is 18.5 Å². The van der Waals surface area contributed by atoms with Gasteiger partial charge in [0.05, 0.1) is 5.69 Å². The summed E-state index contributed by atoms with van der Waals surface area (Å²) in [5.74, 6) is -0.324. The number of rotatable bonds is 5. The molecule has 2 aromatic rings. The number of aryl methyl sites for hydroxylation is 1. The molecule has 2 nitrogen and oxygen atoms in total. The number of nitrogens with one attached hydrogen (secondary N) is 1. The zero-order valence-corrected chi connectivity index (χ0v) is 11.0. The SMILES string of the molecule is CCCn1ccc(CNc2ccc(Cl)cc2F)c1. The standard InChI is InChI=1S/C14H16ClFN2/c1-2-6-18-7-5-11(10-18)9-17-14-4-3-12(15)8-13(14)16/h3-5,7-8,10,17H,2,6,9H2,1H3. The molecule has 0 unspecified atom stereocenters. The van der Waals surface area contributed by atoms with E-state index in [0.29, 0.717) is 17.3 Å². The van der Waals surface area contributed by atoms with E-state index in [4.69, 9.17) is 11.6 Å². The van der Waals surface area contributed by atoms with Crippen molar-refractivity contribution in [2.45, 2.75) is 26.4 Å². The minimum Gasteiger partial charge on any atom is -0.379 e. The molecule has 0 radical (unpaired) electrons. The minimum atomic E-state index is -0.324. The number of anilines is 1. The van der Waals surface area contributed by atoms with Crippen molar-refractivity contribution < 1.29 is 4.39 Å². The van der Waals surface area contributed by atoms with Crippen LogP contribution in [0.25, 0.3) is 0 Å². The second kappa shape index (κ2) is 5.91. The van der Waals surface area contributed by atoms with Crippen molar-refractivity contribution in [1.29, 1.82) is 0 Å². The monoisotopic (exact) mass is 266 g/mol. The molecule has 1 aromatic carbocycles. The number of aromatic nitrogens is 1. The Morgan fingerprint density at radius 2 is 2.17 bits per heavy atom. The Hall–Kier alpha value is -1.48. The maximum Gasteiger partial charge on any atom is 0.147 e. The molecule has 4 heteroatoms. The van der Waals surface area contributed by atoms with E-state index in [2.05, 4.69) is 23.0 Å². The molecule has 1 aromatic heterocycles. The molecule has 0 fully saturated rings. The van der Waals surface area contributed by atoms with Gasteiger partial charge < -0.3 is 9.88 Å². The van der Waals surface area contributed by atoms with Gasteiger partial charge in [0, 0.05) is 30.5 Å². The van der Waals surface area contributed by atoms with Crippen LogP contribution in [0.15, 0.2) is 36.7 Å². The van der Waals surface area contributed by atoms with Crippen molar-refractivity contribution >= 4 is 17.3 Å². The number of hydrogen-bond acceptors (Lipinski definition) is 1. The Morgan fingerprint density at radius 3 is 2.89 bits per heavy atom. The fraction of sp³-hybridized carbons (Fsp3) is 0.286. The number of benzene rings is 1. The molecule has 18 heavy (non-hydrogen) atoms. The Balaban J connectivity index is 1.97. The van der Waals surface area contributed by atoms with Crippen molar-refractivity contribution in [3.8, 4) is 0 Å². The van der Waals surface area contributed by atoms with Crippen molar-refractivity contribution in [2.24, 2.45) is 0 Å². The molecule has 0 atom stereocenters. The predicted molar refractivity (Wildman–Crippen MR) is 73.5 cm³/mol. The highest BCUT2D eigenvalue weighted by atomic mass is 35.5. The van der Waals surface area contributed by atoms with Crippen molar-refractivity contribution in [3.63, 3.8) is 0 Å². The average Bonchev–Trinajstić information content (AvgIpc) is 2.76. The van der Waals surface area contributed by atoms with Gasteiger partial charge in [0.2, 0.25) is 0 Å². The molecule has 0 saturated heterocycles. The lowest BCUT2D eigenvalue weighted by atomic mass is 10.3. The molecular formula is C14H16ClFN2. The first-order valence-corrected chi connectivity index (χ1v) is 6.40. The van der Waals surface area contributed by atoms with Crippen molar-refractivity contribution in [1.82, 2.24) is 4.57 Å². The molecular weight excluding hydrogens is 251 g/mol. The number of nitrogens with zero attached hydrogens (tertiary/aromatic N) is 1. The van der Waals surface area contributed by atoms with Gasteiger partial charge in [0.1, 0.15) is 5.82 Å². The summed E-state index contributed by atoms with van der Waals surface area (Å²) in [6, 6.07) is 6.68. The Labute approximate surface area is 111 Å². The van der Waals surface area contributed by atoms with Crippen LogP contribution in [0, 0.1) is 5.82 Å². The highest BCUT2D eigenvalue weighted by molar-refractivity contribution is 6.30. The van der Waals surface area contributed by atoms with Crippen LogP contribution in [-0.2, 0) is 13.1 Å². The first-order valence-electron chi connectivity index (χ1n) is 6.02. The van der Waals surface area contributed by atoms with Gasteiger partial charge in [-0.3, -0.25) is 0 Å². The van der Waals surface area contributed by atoms with Crippen LogP contribution in [-0.4, -0.2) is 4.57 Å². The third kappa shape index (κ3) is 3.26. The maximum absolute atomic E-state index is 13.5. The van der Waals surface area contributed by atoms with Gasteiger partial charge in [-0.25, -0.2) is 4.39 Å². The molecule has 96 valence electrons. The molecule has 1 heterocycles. The first kappa shape index (κ1) is 13.0. The fourth-order valence-corrected chi connectivity index (χ4v) is 1.98. The van der Waals surface area contributed by atoms with Crippen LogP contribution in [0.3, 0.4) is 0 Å². The molecule has 1 N–H and O–H groups in total. The largest absolute Gasteiger partial charge is 0.379 e. The highest BCUT2D eigenvalue weighted by Crippen LogP contribution is 2.19. The molecule has 0 aliphatic carbocycles. The summed E-state index contributed by atoms with van der Waals surface area (Å²) in [5, 5.41) is 3.47. The molecule has 0 spiro atoms. The zero-order chi connectivity index (χ0) is 13.0. The predicted octanol–water partition coefficient (Wildman–Crippen LogP) is 4.30. The summed E-state index contributed by atoms with van der Waals surface area (Å²) in [5.41, 5.74) is 1.61. The van der Waals surface area contributed by atoms with E-state index in [1.807, 2.05) is 12.3 Å². The summed E-state index contributed by atoms with van der Waals surface area (Å²) in [4.78, 5) is 0. The summed E-state index contributed by atoms with van der Waals surface area (Å²) < 4.78 is 15.7. The molecule has 0 aliphatic rings. The van der Waals surface area contributed by atoms with Gasteiger partial charge >= 0.3 is 0 Å². The number of halogens is 2. The highest BCUT2D eigenvalue weighted by Gasteiger charge is 2.03. The molecule has 0 saturated carbocycles. The average molecular weight is 267 g/mol. The molecule has 0 aliphatic heterocycles. The Bertz CT molecular complexity index is 522. The topological polar surface area (TPSA) is 17.0 Å². The van der Waals surface area contributed by atoms with Crippen LogP contribution in [0.4, 0.5) is 10.1 Å². The lowest BCUT2D eigenvalue weighted by Crippen LogP contribution is -2.00. The van der Waals surface area contributed by atoms with Crippen molar-refractivity contribution in [3.05, 3.63) is 53.1 Å². The van der Waals surface area contributed by atoms with Crippen molar-refractivity contribution in [2.75, 3.05) is 5.32 Å². The van der Waals surface area contributed by atoms with Gasteiger partial charge in [0.25, 0.3) is 0 Å². The second-order valence-corrected chi connectivity index (χ2v) is 4.67. The molecule has 0 bridgehead atoms. The third-order valence-electron chi connectivity index (χ3n) is 2.71. The van der Waals surface area contributed by atoms with Crippen LogP contribution in [0.1, 0.15) is 18.9 Å². The van der Waals surface area contributed by atoms with Gasteiger partial charge in [-0.05, 0) is 36.2 Å². The summed E-state index contributed by atoms with van der Waals surface area (Å²) in [7, 11) is 0. The van der Waals surface area contributed by atoms with Crippen LogP contribution in [0.2, 0.25) is 5.02 Å². The third-order valence-corrected chi connectivity index (χ3v) is 2.94. The number of hydrogen-bond donors (Lipinski definition) is 1. The maximum atomic E-state index is 13.5. The minimum absolute atomic E-state index is 0.324. The normalized spacial score (nSPS) is 10.6. The van der Waals surface area contributed by atoms with Gasteiger partial charge in [-0.1, -0.05) is 18.5 Å². The molecule has 2 rings (SSSR count). The van der Waals surface area contributed by atoms with E-state index in [1.165, 1.54) is 6.07 Å². The van der Waals surface area contributed by atoms with Gasteiger partial charge in [-0.15, -0.1) is 0 Å². The Kier molecular flexibility index (Phi) is 4.26. The zero-order valence-electron chi connectivity index (χ0n) is 10.3. The van der Waals surface area contributed by atoms with Crippen LogP contribution in [0.5, 0.6) is 0 Å². The first-order chi connectivity index (χ1) is 8.69. The summed E-state index contributed by atoms with van der Waals surface area (Å²) >= 11 is 5.70. The summed E-state index contributed by atoms with van der Waals surface area (Å²) in [6.07, 6.45) is 5.22.